The molecule has 0 aliphatic carbocycles. The van der Waals surface area contributed by atoms with Crippen LogP contribution in [0.5, 0.6) is 0 Å². The van der Waals surface area contributed by atoms with E-state index >= 15 is 0 Å². The molecule has 0 unspecified atom stereocenters. The van der Waals surface area contributed by atoms with E-state index in [1.54, 1.807) is 25.3 Å². The average Bonchev–Trinajstić information content (AvgIpc) is 2.71. The summed E-state index contributed by atoms with van der Waals surface area (Å²) in [6.07, 6.45) is 1.70. The van der Waals surface area contributed by atoms with Crippen LogP contribution in [0.1, 0.15) is 36.7 Å². The van der Waals surface area contributed by atoms with Crippen LogP contribution >= 0.6 is 0 Å². The van der Waals surface area contributed by atoms with Gasteiger partial charge in [0.05, 0.1) is 0 Å². The molecule has 29 heavy (non-hydrogen) atoms. The van der Waals surface area contributed by atoms with Crippen molar-refractivity contribution in [1.82, 2.24) is 9.97 Å². The first-order chi connectivity index (χ1) is 14.0. The van der Waals surface area contributed by atoms with Crippen LogP contribution in [0.2, 0.25) is 0 Å². The quantitative estimate of drug-likeness (QED) is 0.508. The van der Waals surface area contributed by atoms with Gasteiger partial charge in [-0.25, -0.2) is 4.98 Å². The predicted octanol–water partition coefficient (Wildman–Crippen LogP) is 5.32. The fourth-order valence-corrected chi connectivity index (χ4v) is 3.15. The summed E-state index contributed by atoms with van der Waals surface area (Å²) in [5.41, 5.74) is 4.77. The number of rotatable bonds is 8. The second-order valence-electron chi connectivity index (χ2n) is 6.82. The summed E-state index contributed by atoms with van der Waals surface area (Å²) in [7, 11) is 0. The number of hydrogen-bond donors (Lipinski definition) is 2. The minimum absolute atomic E-state index is 0.0299. The van der Waals surface area contributed by atoms with Gasteiger partial charge in [0.15, 0.2) is 5.78 Å². The molecule has 0 aliphatic heterocycles. The molecule has 0 saturated heterocycles. The second-order valence-corrected chi connectivity index (χ2v) is 6.82. The topological polar surface area (TPSA) is 70.2 Å². The molecular formula is C23H27N5O. The lowest BCUT2D eigenvalue weighted by atomic mass is 10.1. The van der Waals surface area contributed by atoms with Crippen molar-refractivity contribution >= 4 is 34.6 Å². The van der Waals surface area contributed by atoms with Gasteiger partial charge in [0.25, 0.3) is 0 Å². The molecule has 0 fully saturated rings. The first-order valence-corrected chi connectivity index (χ1v) is 9.83. The van der Waals surface area contributed by atoms with E-state index < -0.39 is 0 Å². The Morgan fingerprint density at radius 2 is 1.83 bits per heavy atom. The molecule has 0 spiro atoms. The molecule has 0 bridgehead atoms. The van der Waals surface area contributed by atoms with Gasteiger partial charge in [0.1, 0.15) is 5.82 Å². The van der Waals surface area contributed by atoms with E-state index in [1.807, 2.05) is 18.2 Å². The minimum Gasteiger partial charge on any atom is -0.372 e. The van der Waals surface area contributed by atoms with Crippen molar-refractivity contribution in [3.8, 4) is 0 Å². The lowest BCUT2D eigenvalue weighted by molar-refractivity contribution is 0.101. The zero-order valence-electron chi connectivity index (χ0n) is 17.4. The summed E-state index contributed by atoms with van der Waals surface area (Å²) < 4.78 is 0. The maximum Gasteiger partial charge on any atom is 0.229 e. The fraction of sp³-hybridized carbons (Fsp3) is 0.261. The van der Waals surface area contributed by atoms with E-state index in [-0.39, 0.29) is 5.78 Å². The second kappa shape index (κ2) is 9.19. The van der Waals surface area contributed by atoms with Crippen molar-refractivity contribution in [1.29, 1.82) is 0 Å². The third kappa shape index (κ3) is 5.10. The summed E-state index contributed by atoms with van der Waals surface area (Å²) in [6, 6.07) is 15.5. The molecule has 2 aromatic carbocycles. The van der Waals surface area contributed by atoms with E-state index in [4.69, 9.17) is 0 Å². The molecule has 0 saturated carbocycles. The fourth-order valence-electron chi connectivity index (χ4n) is 3.15. The molecule has 150 valence electrons. The smallest absolute Gasteiger partial charge is 0.229 e. The van der Waals surface area contributed by atoms with Crippen LogP contribution in [-0.4, -0.2) is 28.8 Å². The molecule has 1 aromatic heterocycles. The van der Waals surface area contributed by atoms with Crippen LogP contribution in [0.15, 0.2) is 54.7 Å². The SMILES string of the molecule is CCN(CC)c1ccc(Nc2nccc(Nc3cccc(C(C)=O)c3)n2)c(C)c1. The van der Waals surface area contributed by atoms with Gasteiger partial charge in [-0.2, -0.15) is 4.98 Å². The molecule has 0 radical (unpaired) electrons. The minimum atomic E-state index is 0.0299. The van der Waals surface area contributed by atoms with Crippen molar-refractivity contribution in [2.45, 2.75) is 27.7 Å². The highest BCUT2D eigenvalue weighted by Crippen LogP contribution is 2.25. The third-order valence-corrected chi connectivity index (χ3v) is 4.78. The van der Waals surface area contributed by atoms with Gasteiger partial charge in [0.2, 0.25) is 5.95 Å². The van der Waals surface area contributed by atoms with Crippen LogP contribution < -0.4 is 15.5 Å². The van der Waals surface area contributed by atoms with Crippen LogP contribution in [0, 0.1) is 6.92 Å². The Balaban J connectivity index is 1.76. The van der Waals surface area contributed by atoms with Gasteiger partial charge in [-0.15, -0.1) is 0 Å². The number of carbonyl (C=O) groups excluding carboxylic acids is 1. The molecular weight excluding hydrogens is 362 g/mol. The summed E-state index contributed by atoms with van der Waals surface area (Å²) >= 11 is 0. The van der Waals surface area contributed by atoms with Gasteiger partial charge in [-0.3, -0.25) is 4.79 Å². The number of aromatic nitrogens is 2. The average molecular weight is 390 g/mol. The van der Waals surface area contributed by atoms with Crippen molar-refractivity contribution in [2.75, 3.05) is 28.6 Å². The van der Waals surface area contributed by atoms with Crippen molar-refractivity contribution < 1.29 is 4.79 Å². The van der Waals surface area contributed by atoms with Crippen molar-refractivity contribution in [3.05, 3.63) is 65.9 Å². The van der Waals surface area contributed by atoms with Gasteiger partial charge in [-0.1, -0.05) is 12.1 Å². The normalized spacial score (nSPS) is 10.5. The highest BCUT2D eigenvalue weighted by molar-refractivity contribution is 5.95. The van der Waals surface area contributed by atoms with Crippen molar-refractivity contribution in [3.63, 3.8) is 0 Å². The lowest BCUT2D eigenvalue weighted by Crippen LogP contribution is -2.21. The number of anilines is 5. The first kappa shape index (κ1) is 20.3. The molecule has 3 aromatic rings. The molecule has 6 nitrogen and oxygen atoms in total. The van der Waals surface area contributed by atoms with E-state index in [0.29, 0.717) is 17.3 Å². The summed E-state index contributed by atoms with van der Waals surface area (Å²) in [6.45, 7) is 9.89. The highest BCUT2D eigenvalue weighted by Gasteiger charge is 2.07. The Kier molecular flexibility index (Phi) is 6.44. The number of aryl methyl sites for hydroxylation is 1. The Labute approximate surface area is 172 Å². The highest BCUT2D eigenvalue weighted by atomic mass is 16.1. The Morgan fingerprint density at radius 3 is 2.52 bits per heavy atom. The molecule has 3 rings (SSSR count). The summed E-state index contributed by atoms with van der Waals surface area (Å²) in [4.78, 5) is 22.8. The standard InChI is InChI=1S/C23H27N5O/c1-5-28(6-2)20-10-11-21(16(3)14-20)26-23-24-13-12-22(27-23)25-19-9-7-8-18(15-19)17(4)29/h7-15H,5-6H2,1-4H3,(H2,24,25,26,27). The van der Waals surface area contributed by atoms with Gasteiger partial charge < -0.3 is 15.5 Å². The molecule has 6 heteroatoms. The van der Waals surface area contributed by atoms with E-state index in [0.717, 1.165) is 30.0 Å². The largest absolute Gasteiger partial charge is 0.372 e. The molecule has 2 N–H and O–H groups in total. The third-order valence-electron chi connectivity index (χ3n) is 4.78. The number of nitrogens with zero attached hydrogens (tertiary/aromatic N) is 3. The number of carbonyl (C=O) groups is 1. The zero-order valence-corrected chi connectivity index (χ0v) is 17.4. The number of nitrogens with one attached hydrogen (secondary N) is 2. The van der Waals surface area contributed by atoms with Crippen LogP contribution in [0.4, 0.5) is 28.8 Å². The number of benzene rings is 2. The lowest BCUT2D eigenvalue weighted by Gasteiger charge is -2.22. The Hall–Kier alpha value is -3.41. The first-order valence-electron chi connectivity index (χ1n) is 9.83. The van der Waals surface area contributed by atoms with E-state index in [2.05, 4.69) is 64.5 Å². The number of hydrogen-bond acceptors (Lipinski definition) is 6. The van der Waals surface area contributed by atoms with Crippen LogP contribution in [0.3, 0.4) is 0 Å². The Bertz CT molecular complexity index is 998. The van der Waals surface area contributed by atoms with Gasteiger partial charge in [0, 0.05) is 41.9 Å². The monoisotopic (exact) mass is 389 g/mol. The number of ketones is 1. The molecule has 0 atom stereocenters. The van der Waals surface area contributed by atoms with E-state index in [9.17, 15) is 4.79 Å². The molecule has 0 amide bonds. The maximum absolute atomic E-state index is 11.6. The van der Waals surface area contributed by atoms with Crippen LogP contribution in [-0.2, 0) is 0 Å². The maximum atomic E-state index is 11.6. The zero-order chi connectivity index (χ0) is 20.8. The van der Waals surface area contributed by atoms with Crippen LogP contribution in [0.25, 0.3) is 0 Å². The van der Waals surface area contributed by atoms with Crippen molar-refractivity contribution in [2.24, 2.45) is 0 Å². The molecule has 1 heterocycles. The summed E-state index contributed by atoms with van der Waals surface area (Å²) in [5.74, 6) is 1.19. The van der Waals surface area contributed by atoms with Gasteiger partial charge >= 0.3 is 0 Å². The molecule has 0 aliphatic rings. The number of Topliss-reactive ketones (excluding diaryl/α,β-unsaturated/α-hetero) is 1. The van der Waals surface area contributed by atoms with Gasteiger partial charge in [-0.05, 0) is 69.7 Å². The predicted molar refractivity (Wildman–Crippen MR) is 120 cm³/mol. The Morgan fingerprint density at radius 1 is 1.03 bits per heavy atom. The van der Waals surface area contributed by atoms with E-state index in [1.165, 1.54) is 5.69 Å². The summed E-state index contributed by atoms with van der Waals surface area (Å²) in [5, 5.41) is 6.52.